The Morgan fingerprint density at radius 1 is 1.03 bits per heavy atom. The molecule has 13 heteroatoms. The summed E-state index contributed by atoms with van der Waals surface area (Å²) in [6.07, 6.45) is 3.17. The summed E-state index contributed by atoms with van der Waals surface area (Å²) in [5.74, 6) is -2.08. The molecule has 0 spiro atoms. The van der Waals surface area contributed by atoms with Crippen molar-refractivity contribution in [3.05, 3.63) is 83.7 Å². The first kappa shape index (κ1) is 28.6. The molecule has 4 rings (SSSR count). The Hall–Kier alpha value is -3.36. The minimum atomic E-state index is -3.88. The van der Waals surface area contributed by atoms with E-state index in [-0.39, 0.29) is 58.7 Å². The lowest BCUT2D eigenvalue weighted by molar-refractivity contribution is 0.0985. The molecule has 0 aliphatic carbocycles. The van der Waals surface area contributed by atoms with Crippen LogP contribution in [-0.4, -0.2) is 69.1 Å². The molecule has 0 saturated carbocycles. The number of rotatable bonds is 12. The molecule has 4 aromatic rings. The fourth-order valence-corrected chi connectivity index (χ4v) is 6.18. The minimum absolute atomic E-state index is 0.00241. The van der Waals surface area contributed by atoms with Gasteiger partial charge in [-0.25, -0.2) is 22.2 Å². The lowest BCUT2D eigenvalue weighted by Crippen LogP contribution is -2.36. The molecule has 2 aromatic carbocycles. The van der Waals surface area contributed by atoms with E-state index in [4.69, 9.17) is 9.47 Å². The second-order valence-corrected chi connectivity index (χ2v) is 11.3. The topological polar surface area (TPSA) is 102 Å². The van der Waals surface area contributed by atoms with Crippen molar-refractivity contribution in [1.82, 2.24) is 14.3 Å². The second-order valence-electron chi connectivity index (χ2n) is 8.40. The van der Waals surface area contributed by atoms with E-state index in [2.05, 4.69) is 9.97 Å². The Bertz CT molecular complexity index is 1530. The lowest BCUT2D eigenvalue weighted by atomic mass is 10.2. The molecule has 0 fully saturated rings. The van der Waals surface area contributed by atoms with Crippen molar-refractivity contribution in [2.45, 2.75) is 11.4 Å². The first-order chi connectivity index (χ1) is 18.7. The van der Waals surface area contributed by atoms with Crippen LogP contribution in [0, 0.1) is 11.6 Å². The van der Waals surface area contributed by atoms with Gasteiger partial charge in [-0.05, 0) is 42.0 Å². The molecule has 1 amide bonds. The van der Waals surface area contributed by atoms with Crippen LogP contribution in [0.15, 0.2) is 65.8 Å². The van der Waals surface area contributed by atoms with Crippen LogP contribution < -0.4 is 4.90 Å². The molecule has 0 saturated heterocycles. The van der Waals surface area contributed by atoms with E-state index in [1.54, 1.807) is 24.5 Å². The predicted octanol–water partition coefficient (Wildman–Crippen LogP) is 4.10. The van der Waals surface area contributed by atoms with Crippen molar-refractivity contribution < 1.29 is 31.5 Å². The number of amides is 1. The number of pyridine rings is 1. The van der Waals surface area contributed by atoms with Crippen LogP contribution in [0.5, 0.6) is 0 Å². The number of carbonyl (C=O) groups excluding carboxylic acids is 1. The molecule has 0 bridgehead atoms. The monoisotopic (exact) mass is 576 g/mol. The molecule has 0 radical (unpaired) electrons. The molecule has 0 unspecified atom stereocenters. The van der Waals surface area contributed by atoms with E-state index in [9.17, 15) is 22.0 Å². The number of thiazole rings is 1. The van der Waals surface area contributed by atoms with Crippen molar-refractivity contribution in [2.75, 3.05) is 45.4 Å². The Morgan fingerprint density at radius 3 is 2.33 bits per heavy atom. The molecule has 206 valence electrons. The number of hydrogen-bond acceptors (Lipinski definition) is 8. The van der Waals surface area contributed by atoms with Crippen LogP contribution in [0.3, 0.4) is 0 Å². The highest BCUT2D eigenvalue weighted by Gasteiger charge is 2.26. The third-order valence-electron chi connectivity index (χ3n) is 5.77. The normalized spacial score (nSPS) is 11.8. The molecular formula is C26H26F2N4O5S2. The number of methoxy groups -OCH3 is 2. The zero-order valence-corrected chi connectivity index (χ0v) is 22.8. The Balaban J connectivity index is 1.67. The van der Waals surface area contributed by atoms with Crippen molar-refractivity contribution in [3.8, 4) is 0 Å². The van der Waals surface area contributed by atoms with Gasteiger partial charge in [0.15, 0.2) is 10.9 Å². The number of sulfonamides is 1. The van der Waals surface area contributed by atoms with Crippen LogP contribution in [0.2, 0.25) is 0 Å². The van der Waals surface area contributed by atoms with Gasteiger partial charge in [0.05, 0.1) is 29.4 Å². The van der Waals surface area contributed by atoms with Crippen LogP contribution in [-0.2, 0) is 26.0 Å². The third kappa shape index (κ3) is 6.62. The second kappa shape index (κ2) is 12.7. The summed E-state index contributed by atoms with van der Waals surface area (Å²) in [4.78, 5) is 23.3. The maximum absolute atomic E-state index is 14.4. The maximum Gasteiger partial charge on any atom is 0.260 e. The van der Waals surface area contributed by atoms with E-state index in [1.165, 1.54) is 47.7 Å². The lowest BCUT2D eigenvalue weighted by Gasteiger charge is -2.22. The summed E-state index contributed by atoms with van der Waals surface area (Å²) < 4.78 is 66.2. The van der Waals surface area contributed by atoms with Crippen molar-refractivity contribution in [2.24, 2.45) is 0 Å². The first-order valence-electron chi connectivity index (χ1n) is 11.8. The predicted molar refractivity (Wildman–Crippen MR) is 143 cm³/mol. The number of benzene rings is 2. The smallest absolute Gasteiger partial charge is 0.260 e. The van der Waals surface area contributed by atoms with Crippen LogP contribution in [0.4, 0.5) is 13.9 Å². The maximum atomic E-state index is 14.4. The van der Waals surface area contributed by atoms with Gasteiger partial charge in [0.2, 0.25) is 10.0 Å². The SMILES string of the molecule is COCCN(CCOC)S(=O)(=O)c1ccc(C(=O)N(Cc2cccnc2)c2nc3c(F)cc(F)cc3s2)cc1. The van der Waals surface area contributed by atoms with Gasteiger partial charge >= 0.3 is 0 Å². The summed E-state index contributed by atoms with van der Waals surface area (Å²) in [6, 6.07) is 10.9. The molecule has 2 heterocycles. The number of hydrogen-bond donors (Lipinski definition) is 0. The van der Waals surface area contributed by atoms with Crippen molar-refractivity contribution >= 4 is 42.6 Å². The van der Waals surface area contributed by atoms with Gasteiger partial charge in [0, 0.05) is 51.3 Å². The summed E-state index contributed by atoms with van der Waals surface area (Å²) in [5, 5.41) is 0.158. The fourth-order valence-electron chi connectivity index (χ4n) is 3.77. The van der Waals surface area contributed by atoms with Gasteiger partial charge in [-0.2, -0.15) is 4.31 Å². The highest BCUT2D eigenvalue weighted by atomic mass is 32.2. The Kier molecular flexibility index (Phi) is 9.30. The molecule has 0 aliphatic rings. The van der Waals surface area contributed by atoms with Gasteiger partial charge in [-0.15, -0.1) is 0 Å². The van der Waals surface area contributed by atoms with E-state index in [0.29, 0.717) is 5.56 Å². The number of aromatic nitrogens is 2. The molecular weight excluding hydrogens is 550 g/mol. The fraction of sp³-hybridized carbons (Fsp3) is 0.269. The third-order valence-corrected chi connectivity index (χ3v) is 8.71. The average Bonchev–Trinajstić information content (AvgIpc) is 3.36. The van der Waals surface area contributed by atoms with Gasteiger partial charge in [-0.3, -0.25) is 14.7 Å². The van der Waals surface area contributed by atoms with E-state index < -0.39 is 27.6 Å². The number of nitrogens with zero attached hydrogens (tertiary/aromatic N) is 4. The molecule has 0 N–H and O–H groups in total. The van der Waals surface area contributed by atoms with Gasteiger partial charge in [0.1, 0.15) is 11.3 Å². The molecule has 2 aromatic heterocycles. The van der Waals surface area contributed by atoms with E-state index >= 15 is 0 Å². The number of anilines is 1. The summed E-state index contributed by atoms with van der Waals surface area (Å²) >= 11 is 0.970. The van der Waals surface area contributed by atoms with Crippen molar-refractivity contribution in [3.63, 3.8) is 0 Å². The standard InChI is InChI=1S/C26H26F2N4O5S2/c1-36-12-10-31(11-13-37-2)39(34,35)21-7-5-19(6-8-21)25(33)32(17-18-4-3-9-29-16-18)26-30-24-22(28)14-20(27)15-23(24)38-26/h3-9,14-16H,10-13,17H2,1-2H3. The molecule has 39 heavy (non-hydrogen) atoms. The molecule has 0 atom stereocenters. The summed E-state index contributed by atoms with van der Waals surface area (Å²) in [5.41, 5.74) is 0.820. The number of fused-ring (bicyclic) bond motifs is 1. The van der Waals surface area contributed by atoms with Crippen LogP contribution >= 0.6 is 11.3 Å². The zero-order valence-electron chi connectivity index (χ0n) is 21.2. The Morgan fingerprint density at radius 2 is 1.72 bits per heavy atom. The first-order valence-corrected chi connectivity index (χ1v) is 14.0. The van der Waals surface area contributed by atoms with E-state index in [1.807, 2.05) is 0 Å². The quantitative estimate of drug-likeness (QED) is 0.250. The van der Waals surface area contributed by atoms with Gasteiger partial charge in [-0.1, -0.05) is 17.4 Å². The number of halogens is 2. The largest absolute Gasteiger partial charge is 0.383 e. The van der Waals surface area contributed by atoms with Gasteiger partial charge in [0.25, 0.3) is 5.91 Å². The summed E-state index contributed by atoms with van der Waals surface area (Å²) in [6.45, 7) is 0.733. The van der Waals surface area contributed by atoms with E-state index in [0.717, 1.165) is 23.5 Å². The Labute approximate surface area is 228 Å². The molecule has 9 nitrogen and oxygen atoms in total. The van der Waals surface area contributed by atoms with Crippen LogP contribution in [0.25, 0.3) is 10.2 Å². The highest BCUT2D eigenvalue weighted by molar-refractivity contribution is 7.89. The average molecular weight is 577 g/mol. The highest BCUT2D eigenvalue weighted by Crippen LogP contribution is 2.33. The number of ether oxygens (including phenoxy) is 2. The summed E-state index contributed by atoms with van der Waals surface area (Å²) in [7, 11) is -0.920. The molecule has 0 aliphatic heterocycles. The minimum Gasteiger partial charge on any atom is -0.383 e. The van der Waals surface area contributed by atoms with Crippen molar-refractivity contribution in [1.29, 1.82) is 0 Å². The zero-order chi connectivity index (χ0) is 28.0. The number of carbonyl (C=O) groups is 1. The van der Waals surface area contributed by atoms with Gasteiger partial charge < -0.3 is 9.47 Å². The van der Waals surface area contributed by atoms with Crippen LogP contribution in [0.1, 0.15) is 15.9 Å².